The minimum absolute atomic E-state index is 0.148. The largest absolute Gasteiger partial charge is 0.481 e. The third kappa shape index (κ3) is 2.65. The zero-order valence-electron chi connectivity index (χ0n) is 10.2. The summed E-state index contributed by atoms with van der Waals surface area (Å²) in [5, 5.41) is 2.78. The lowest BCUT2D eigenvalue weighted by molar-refractivity contribution is 0.397. The minimum Gasteiger partial charge on any atom is -0.481 e. The molecule has 2 rings (SSSR count). The Bertz CT molecular complexity index is 595. The first-order valence-electron chi connectivity index (χ1n) is 5.48. The molecule has 0 aliphatic heterocycles. The molecule has 0 spiro atoms. The summed E-state index contributed by atoms with van der Waals surface area (Å²) in [6, 6.07) is 3.64. The van der Waals surface area contributed by atoms with E-state index in [1.807, 2.05) is 6.07 Å². The average Bonchev–Trinajstić information content (AvgIpc) is 2.41. The predicted octanol–water partition coefficient (Wildman–Crippen LogP) is 0.806. The molecule has 0 aliphatic rings. The van der Waals surface area contributed by atoms with Crippen molar-refractivity contribution in [3.8, 4) is 5.88 Å². The molecular formula is C12H14N4O2. The van der Waals surface area contributed by atoms with Gasteiger partial charge in [-0.2, -0.15) is 0 Å². The van der Waals surface area contributed by atoms with E-state index in [1.165, 1.54) is 0 Å². The van der Waals surface area contributed by atoms with Gasteiger partial charge in [0.05, 0.1) is 7.11 Å². The predicted molar refractivity (Wildman–Crippen MR) is 68.0 cm³/mol. The molecule has 6 heteroatoms. The summed E-state index contributed by atoms with van der Waals surface area (Å²) in [6.45, 7) is 0. The molecule has 0 saturated heterocycles. The van der Waals surface area contributed by atoms with Crippen molar-refractivity contribution in [1.29, 1.82) is 0 Å². The maximum atomic E-state index is 11.8. The number of H-pyrrole nitrogens is 1. The zero-order chi connectivity index (χ0) is 13.0. The van der Waals surface area contributed by atoms with E-state index in [2.05, 4.69) is 20.3 Å². The molecule has 94 valence electrons. The van der Waals surface area contributed by atoms with Crippen molar-refractivity contribution in [3.05, 3.63) is 46.0 Å². The number of hydrogen-bond acceptors (Lipinski definition) is 5. The number of nitrogens with zero attached hydrogens (tertiary/aromatic N) is 2. The first-order valence-corrected chi connectivity index (χ1v) is 5.48. The van der Waals surface area contributed by atoms with Crippen LogP contribution in [0.5, 0.6) is 5.88 Å². The van der Waals surface area contributed by atoms with Crippen LogP contribution in [0.15, 0.2) is 29.3 Å². The number of pyridine rings is 1. The summed E-state index contributed by atoms with van der Waals surface area (Å²) in [7, 11) is 3.26. The van der Waals surface area contributed by atoms with Crippen molar-refractivity contribution in [3.63, 3.8) is 0 Å². The maximum absolute atomic E-state index is 11.8. The van der Waals surface area contributed by atoms with Crippen molar-refractivity contribution >= 4 is 5.95 Å². The smallest absolute Gasteiger partial charge is 0.255 e. The second kappa shape index (κ2) is 5.31. The molecule has 0 amide bonds. The monoisotopic (exact) mass is 246 g/mol. The van der Waals surface area contributed by atoms with Crippen molar-refractivity contribution in [2.45, 2.75) is 6.42 Å². The number of aromatic amines is 1. The van der Waals surface area contributed by atoms with Crippen molar-refractivity contribution < 1.29 is 4.74 Å². The van der Waals surface area contributed by atoms with Crippen LogP contribution in [0.25, 0.3) is 0 Å². The van der Waals surface area contributed by atoms with Crippen LogP contribution in [0.4, 0.5) is 5.95 Å². The lowest BCUT2D eigenvalue weighted by Gasteiger charge is -2.04. The second-order valence-electron chi connectivity index (χ2n) is 3.72. The number of ether oxygens (including phenoxy) is 1. The van der Waals surface area contributed by atoms with Crippen molar-refractivity contribution in [1.82, 2.24) is 15.0 Å². The fourth-order valence-electron chi connectivity index (χ4n) is 1.57. The highest BCUT2D eigenvalue weighted by Gasteiger charge is 2.04. The second-order valence-corrected chi connectivity index (χ2v) is 3.72. The topological polar surface area (TPSA) is 79.9 Å². The Morgan fingerprint density at radius 3 is 2.94 bits per heavy atom. The maximum Gasteiger partial charge on any atom is 0.255 e. The summed E-state index contributed by atoms with van der Waals surface area (Å²) in [6.07, 6.45) is 3.71. The molecule has 0 fully saturated rings. The van der Waals surface area contributed by atoms with Gasteiger partial charge in [0.15, 0.2) is 0 Å². The molecule has 2 aromatic rings. The number of methoxy groups -OCH3 is 1. The fraction of sp³-hybridized carbons (Fsp3) is 0.250. The van der Waals surface area contributed by atoms with Crippen LogP contribution in [-0.4, -0.2) is 29.1 Å². The van der Waals surface area contributed by atoms with E-state index in [1.54, 1.807) is 32.6 Å². The number of anilines is 1. The Morgan fingerprint density at radius 1 is 1.44 bits per heavy atom. The summed E-state index contributed by atoms with van der Waals surface area (Å²) in [5.41, 5.74) is 1.40. The van der Waals surface area contributed by atoms with Crippen molar-refractivity contribution in [2.24, 2.45) is 0 Å². The highest BCUT2D eigenvalue weighted by Crippen LogP contribution is 2.11. The van der Waals surface area contributed by atoms with Crippen LogP contribution < -0.4 is 15.6 Å². The summed E-state index contributed by atoms with van der Waals surface area (Å²) < 4.78 is 5.04. The number of nitrogens with one attached hydrogen (secondary N) is 2. The number of hydrogen-bond donors (Lipinski definition) is 2. The van der Waals surface area contributed by atoms with Gasteiger partial charge in [0.2, 0.25) is 11.8 Å². The molecule has 0 atom stereocenters. The van der Waals surface area contributed by atoms with Gasteiger partial charge in [-0.1, -0.05) is 0 Å². The fourth-order valence-corrected chi connectivity index (χ4v) is 1.57. The van der Waals surface area contributed by atoms with E-state index in [-0.39, 0.29) is 5.56 Å². The molecule has 18 heavy (non-hydrogen) atoms. The van der Waals surface area contributed by atoms with Gasteiger partial charge in [0.25, 0.3) is 5.56 Å². The first-order chi connectivity index (χ1) is 8.72. The van der Waals surface area contributed by atoms with Crippen LogP contribution >= 0.6 is 0 Å². The molecule has 0 aliphatic carbocycles. The Kier molecular flexibility index (Phi) is 3.57. The molecule has 2 aromatic heterocycles. The Morgan fingerprint density at radius 2 is 2.28 bits per heavy atom. The molecular weight excluding hydrogens is 232 g/mol. The van der Waals surface area contributed by atoms with Gasteiger partial charge in [0, 0.05) is 37.5 Å². The van der Waals surface area contributed by atoms with E-state index in [9.17, 15) is 4.79 Å². The SMILES string of the molecule is CNc1ncc(Cc2ccnc(OC)c2)c(=O)[nH]1. The van der Waals surface area contributed by atoms with Gasteiger partial charge >= 0.3 is 0 Å². The lowest BCUT2D eigenvalue weighted by Crippen LogP contribution is -2.15. The highest BCUT2D eigenvalue weighted by molar-refractivity contribution is 5.29. The molecule has 6 nitrogen and oxygen atoms in total. The molecule has 0 radical (unpaired) electrons. The van der Waals surface area contributed by atoms with Crippen LogP contribution in [0.3, 0.4) is 0 Å². The van der Waals surface area contributed by atoms with E-state index in [4.69, 9.17) is 4.74 Å². The molecule has 2 N–H and O–H groups in total. The van der Waals surface area contributed by atoms with Crippen LogP contribution in [0.2, 0.25) is 0 Å². The average molecular weight is 246 g/mol. The molecule has 2 heterocycles. The van der Waals surface area contributed by atoms with Gasteiger partial charge in [-0.25, -0.2) is 9.97 Å². The Labute approximate surface area is 104 Å². The van der Waals surface area contributed by atoms with E-state index >= 15 is 0 Å². The minimum atomic E-state index is -0.148. The lowest BCUT2D eigenvalue weighted by atomic mass is 10.1. The third-order valence-electron chi connectivity index (χ3n) is 2.51. The number of aromatic nitrogens is 3. The highest BCUT2D eigenvalue weighted by atomic mass is 16.5. The van der Waals surface area contributed by atoms with Gasteiger partial charge in [-0.3, -0.25) is 9.78 Å². The Balaban J connectivity index is 2.25. The molecule has 0 unspecified atom stereocenters. The van der Waals surface area contributed by atoms with Crippen molar-refractivity contribution in [2.75, 3.05) is 19.5 Å². The Hall–Kier alpha value is -2.37. The standard InChI is InChI=1S/C12H14N4O2/c1-13-12-15-7-9(11(17)16-12)5-8-3-4-14-10(6-8)18-2/h3-4,6-7H,5H2,1-2H3,(H2,13,15,16,17). The van der Waals surface area contributed by atoms with Gasteiger partial charge < -0.3 is 10.1 Å². The van der Waals surface area contributed by atoms with E-state index in [0.29, 0.717) is 23.8 Å². The normalized spacial score (nSPS) is 10.1. The van der Waals surface area contributed by atoms with Crippen LogP contribution in [-0.2, 0) is 6.42 Å². The summed E-state index contributed by atoms with van der Waals surface area (Å²) >= 11 is 0. The summed E-state index contributed by atoms with van der Waals surface area (Å²) in [5.74, 6) is 0.986. The molecule has 0 saturated carbocycles. The van der Waals surface area contributed by atoms with E-state index < -0.39 is 0 Å². The molecule has 0 bridgehead atoms. The van der Waals surface area contributed by atoms with Crippen LogP contribution in [0, 0.1) is 0 Å². The third-order valence-corrected chi connectivity index (χ3v) is 2.51. The zero-order valence-corrected chi connectivity index (χ0v) is 10.2. The van der Waals surface area contributed by atoms with E-state index in [0.717, 1.165) is 5.56 Å². The first kappa shape index (κ1) is 12.1. The quantitative estimate of drug-likeness (QED) is 0.834. The number of rotatable bonds is 4. The molecule has 0 aromatic carbocycles. The summed E-state index contributed by atoms with van der Waals surface area (Å²) in [4.78, 5) is 22.5. The van der Waals surface area contributed by atoms with Gasteiger partial charge in [-0.15, -0.1) is 0 Å². The van der Waals surface area contributed by atoms with Gasteiger partial charge in [0.1, 0.15) is 0 Å². The van der Waals surface area contributed by atoms with Gasteiger partial charge in [-0.05, 0) is 11.6 Å². The van der Waals surface area contributed by atoms with Crippen LogP contribution in [0.1, 0.15) is 11.1 Å².